The van der Waals surface area contributed by atoms with Crippen molar-refractivity contribution in [2.45, 2.75) is 59.9 Å². The van der Waals surface area contributed by atoms with Crippen LogP contribution in [0.3, 0.4) is 0 Å². The standard InChI is InChI=1S/C20H27N3O/c1-12-8-13(2)18-6-7-23(11-17(18)9-12)19(24)10-14(3)20-15(4)21-22-16(20)5/h8-9,14H,6-7,10-11H2,1-5H3,(H,21,22). The fourth-order valence-corrected chi connectivity index (χ4v) is 4.11. The van der Waals surface area contributed by atoms with E-state index in [1.807, 2.05) is 18.7 Å². The number of fused-ring (bicyclic) bond motifs is 1. The summed E-state index contributed by atoms with van der Waals surface area (Å²) in [7, 11) is 0. The minimum atomic E-state index is 0.192. The molecule has 1 unspecified atom stereocenters. The zero-order chi connectivity index (χ0) is 17.4. The normalized spacial score (nSPS) is 15.3. The molecule has 0 radical (unpaired) electrons. The van der Waals surface area contributed by atoms with E-state index >= 15 is 0 Å². The van der Waals surface area contributed by atoms with Crippen LogP contribution >= 0.6 is 0 Å². The first-order chi connectivity index (χ1) is 11.4. The van der Waals surface area contributed by atoms with Crippen LogP contribution in [0.1, 0.15) is 58.5 Å². The maximum atomic E-state index is 12.8. The van der Waals surface area contributed by atoms with Gasteiger partial charge in [-0.1, -0.05) is 24.6 Å². The summed E-state index contributed by atoms with van der Waals surface area (Å²) in [5, 5.41) is 7.28. The van der Waals surface area contributed by atoms with E-state index in [1.54, 1.807) is 0 Å². The number of amides is 1. The Bertz CT molecular complexity index is 756. The maximum absolute atomic E-state index is 12.8. The van der Waals surface area contributed by atoms with E-state index in [9.17, 15) is 4.79 Å². The molecule has 0 saturated carbocycles. The van der Waals surface area contributed by atoms with Gasteiger partial charge in [0, 0.05) is 25.2 Å². The molecule has 3 rings (SSSR count). The number of carbonyl (C=O) groups is 1. The molecule has 1 atom stereocenters. The molecule has 0 fully saturated rings. The lowest BCUT2D eigenvalue weighted by Gasteiger charge is -2.31. The van der Waals surface area contributed by atoms with Gasteiger partial charge in [0.1, 0.15) is 0 Å². The summed E-state index contributed by atoms with van der Waals surface area (Å²) >= 11 is 0. The molecule has 0 aliphatic carbocycles. The highest BCUT2D eigenvalue weighted by molar-refractivity contribution is 5.77. The van der Waals surface area contributed by atoms with E-state index in [0.29, 0.717) is 6.42 Å². The number of nitrogens with one attached hydrogen (secondary N) is 1. The van der Waals surface area contributed by atoms with Crippen LogP contribution in [-0.2, 0) is 17.8 Å². The predicted octanol–water partition coefficient (Wildman–Crippen LogP) is 3.72. The van der Waals surface area contributed by atoms with Crippen LogP contribution in [0.4, 0.5) is 0 Å². The van der Waals surface area contributed by atoms with E-state index in [-0.39, 0.29) is 11.8 Å². The van der Waals surface area contributed by atoms with Crippen molar-refractivity contribution in [2.24, 2.45) is 0 Å². The van der Waals surface area contributed by atoms with Crippen molar-refractivity contribution in [1.82, 2.24) is 15.1 Å². The molecule has 0 saturated heterocycles. The number of hydrogen-bond donors (Lipinski definition) is 1. The van der Waals surface area contributed by atoms with Crippen molar-refractivity contribution in [1.29, 1.82) is 0 Å². The Balaban J connectivity index is 1.72. The van der Waals surface area contributed by atoms with Gasteiger partial charge in [0.15, 0.2) is 0 Å². The predicted molar refractivity (Wildman–Crippen MR) is 96.1 cm³/mol. The first-order valence-corrected chi connectivity index (χ1v) is 8.75. The molecule has 2 aromatic rings. The molecule has 24 heavy (non-hydrogen) atoms. The van der Waals surface area contributed by atoms with Crippen LogP contribution in [-0.4, -0.2) is 27.5 Å². The number of H-pyrrole nitrogens is 1. The molecule has 128 valence electrons. The number of aromatic nitrogens is 2. The lowest BCUT2D eigenvalue weighted by atomic mass is 9.91. The number of benzene rings is 1. The summed E-state index contributed by atoms with van der Waals surface area (Å²) in [6, 6.07) is 4.47. The molecular formula is C20H27N3O. The summed E-state index contributed by atoms with van der Waals surface area (Å²) in [6.45, 7) is 12.0. The second-order valence-electron chi connectivity index (χ2n) is 7.24. The van der Waals surface area contributed by atoms with Gasteiger partial charge in [-0.2, -0.15) is 5.10 Å². The van der Waals surface area contributed by atoms with Gasteiger partial charge in [0.05, 0.1) is 5.69 Å². The molecule has 2 heterocycles. The highest BCUT2D eigenvalue weighted by atomic mass is 16.2. The monoisotopic (exact) mass is 325 g/mol. The van der Waals surface area contributed by atoms with Crippen LogP contribution < -0.4 is 0 Å². The van der Waals surface area contributed by atoms with E-state index in [2.05, 4.69) is 43.1 Å². The third-order valence-corrected chi connectivity index (χ3v) is 5.21. The van der Waals surface area contributed by atoms with Crippen LogP contribution in [0.15, 0.2) is 12.1 Å². The van der Waals surface area contributed by atoms with Crippen molar-refractivity contribution < 1.29 is 4.79 Å². The van der Waals surface area contributed by atoms with Gasteiger partial charge in [0.2, 0.25) is 5.91 Å². The van der Waals surface area contributed by atoms with Gasteiger partial charge in [-0.15, -0.1) is 0 Å². The second-order valence-corrected chi connectivity index (χ2v) is 7.24. The third kappa shape index (κ3) is 3.10. The maximum Gasteiger partial charge on any atom is 0.223 e. The molecule has 1 aromatic heterocycles. The summed E-state index contributed by atoms with van der Waals surface area (Å²) < 4.78 is 0. The summed E-state index contributed by atoms with van der Waals surface area (Å²) in [5.41, 5.74) is 8.64. The largest absolute Gasteiger partial charge is 0.338 e. The minimum Gasteiger partial charge on any atom is -0.338 e. The Kier molecular flexibility index (Phi) is 4.48. The highest BCUT2D eigenvalue weighted by Gasteiger charge is 2.25. The van der Waals surface area contributed by atoms with Gasteiger partial charge in [-0.3, -0.25) is 9.89 Å². The van der Waals surface area contributed by atoms with Crippen LogP contribution in [0.5, 0.6) is 0 Å². The molecular weight excluding hydrogens is 298 g/mol. The lowest BCUT2D eigenvalue weighted by molar-refractivity contribution is -0.132. The topological polar surface area (TPSA) is 49.0 Å². The third-order valence-electron chi connectivity index (χ3n) is 5.21. The smallest absolute Gasteiger partial charge is 0.223 e. The molecule has 1 amide bonds. The number of aromatic amines is 1. The fourth-order valence-electron chi connectivity index (χ4n) is 4.11. The minimum absolute atomic E-state index is 0.192. The van der Waals surface area contributed by atoms with Crippen molar-refractivity contribution >= 4 is 5.91 Å². The van der Waals surface area contributed by atoms with Gasteiger partial charge >= 0.3 is 0 Å². The van der Waals surface area contributed by atoms with Gasteiger partial charge in [-0.25, -0.2) is 0 Å². The van der Waals surface area contributed by atoms with Gasteiger partial charge in [-0.05, 0) is 62.3 Å². The fraction of sp³-hybridized carbons (Fsp3) is 0.500. The van der Waals surface area contributed by atoms with Gasteiger partial charge < -0.3 is 4.90 Å². The molecule has 1 aromatic carbocycles. The summed E-state index contributed by atoms with van der Waals surface area (Å²) in [4.78, 5) is 14.8. The van der Waals surface area contributed by atoms with Crippen molar-refractivity contribution in [2.75, 3.05) is 6.54 Å². The van der Waals surface area contributed by atoms with Crippen molar-refractivity contribution in [3.63, 3.8) is 0 Å². The Morgan fingerprint density at radius 2 is 2.04 bits per heavy atom. The number of hydrogen-bond acceptors (Lipinski definition) is 2. The molecule has 1 aliphatic heterocycles. The average molecular weight is 325 g/mol. The van der Waals surface area contributed by atoms with Gasteiger partial charge in [0.25, 0.3) is 0 Å². The zero-order valence-corrected chi connectivity index (χ0v) is 15.4. The molecule has 1 aliphatic rings. The number of rotatable bonds is 3. The van der Waals surface area contributed by atoms with Crippen molar-refractivity contribution in [3.05, 3.63) is 51.3 Å². The Labute approximate surface area is 144 Å². The second kappa shape index (κ2) is 6.42. The number of carbonyl (C=O) groups excluding carboxylic acids is 1. The SMILES string of the molecule is Cc1cc(C)c2c(c1)CN(C(=O)CC(C)c1c(C)n[nH]c1C)CC2. The number of aryl methyl sites for hydroxylation is 4. The lowest BCUT2D eigenvalue weighted by Crippen LogP contribution is -2.36. The Hall–Kier alpha value is -2.10. The Morgan fingerprint density at radius 1 is 1.29 bits per heavy atom. The summed E-state index contributed by atoms with van der Waals surface area (Å²) in [5.74, 6) is 0.434. The van der Waals surface area contributed by atoms with Crippen LogP contribution in [0.2, 0.25) is 0 Å². The Morgan fingerprint density at radius 3 is 2.71 bits per heavy atom. The van der Waals surface area contributed by atoms with E-state index in [1.165, 1.54) is 27.8 Å². The zero-order valence-electron chi connectivity index (χ0n) is 15.4. The highest BCUT2D eigenvalue weighted by Crippen LogP contribution is 2.28. The molecule has 0 bridgehead atoms. The molecule has 4 nitrogen and oxygen atoms in total. The molecule has 1 N–H and O–H groups in total. The van der Waals surface area contributed by atoms with E-state index < -0.39 is 0 Å². The summed E-state index contributed by atoms with van der Waals surface area (Å²) in [6.07, 6.45) is 1.51. The molecule has 4 heteroatoms. The van der Waals surface area contributed by atoms with Crippen molar-refractivity contribution in [3.8, 4) is 0 Å². The first-order valence-electron chi connectivity index (χ1n) is 8.75. The number of nitrogens with zero attached hydrogens (tertiary/aromatic N) is 2. The first kappa shape index (κ1) is 16.7. The van der Waals surface area contributed by atoms with Crippen LogP contribution in [0.25, 0.3) is 0 Å². The molecule has 0 spiro atoms. The average Bonchev–Trinajstić information content (AvgIpc) is 2.85. The van der Waals surface area contributed by atoms with Crippen LogP contribution in [0, 0.1) is 27.7 Å². The van der Waals surface area contributed by atoms with E-state index in [0.717, 1.165) is 30.9 Å². The quantitative estimate of drug-likeness (QED) is 0.935. The van der Waals surface area contributed by atoms with E-state index in [4.69, 9.17) is 0 Å².